The number of benzene rings is 1. The average molecular weight is 320 g/mol. The molecule has 1 aliphatic rings. The Hall–Kier alpha value is -2.24. The standard InChI is InChI=1S/C17H21FN2O3/c1-17(2,3)23-16(21)20-7-5-6-13-15(20)11-8-10(22-4)9-12(18)14(11)19-13/h8-9,19H,5-7H2,1-4H3. The van der Waals surface area contributed by atoms with Gasteiger partial charge in [-0.15, -0.1) is 0 Å². The van der Waals surface area contributed by atoms with E-state index in [1.165, 1.54) is 13.2 Å². The van der Waals surface area contributed by atoms with Crippen molar-refractivity contribution in [3.05, 3.63) is 23.6 Å². The molecule has 0 radical (unpaired) electrons. The van der Waals surface area contributed by atoms with Gasteiger partial charge in [0.1, 0.15) is 11.4 Å². The van der Waals surface area contributed by atoms with Crippen LogP contribution in [0, 0.1) is 5.82 Å². The van der Waals surface area contributed by atoms with E-state index in [0.717, 1.165) is 18.5 Å². The third-order valence-corrected chi connectivity index (χ3v) is 3.81. The highest BCUT2D eigenvalue weighted by atomic mass is 19.1. The van der Waals surface area contributed by atoms with Gasteiger partial charge >= 0.3 is 6.09 Å². The lowest BCUT2D eigenvalue weighted by Crippen LogP contribution is -2.39. The first-order valence-corrected chi connectivity index (χ1v) is 7.69. The lowest BCUT2D eigenvalue weighted by atomic mass is 10.1. The van der Waals surface area contributed by atoms with E-state index in [4.69, 9.17) is 9.47 Å². The van der Waals surface area contributed by atoms with Gasteiger partial charge in [-0.05, 0) is 39.7 Å². The van der Waals surface area contributed by atoms with Crippen molar-refractivity contribution >= 4 is 22.7 Å². The highest BCUT2D eigenvalue weighted by molar-refractivity contribution is 6.03. The predicted octanol–water partition coefficient (Wildman–Crippen LogP) is 4.00. The lowest BCUT2D eigenvalue weighted by molar-refractivity contribution is 0.0578. The minimum atomic E-state index is -0.580. The number of fused-ring (bicyclic) bond motifs is 3. The fourth-order valence-corrected chi connectivity index (χ4v) is 2.90. The summed E-state index contributed by atoms with van der Waals surface area (Å²) in [5.74, 6) is 0.0319. The van der Waals surface area contributed by atoms with Crippen LogP contribution in [0.2, 0.25) is 0 Å². The third kappa shape index (κ3) is 2.85. The molecule has 0 aliphatic carbocycles. The van der Waals surface area contributed by atoms with Gasteiger partial charge in [-0.2, -0.15) is 0 Å². The molecule has 5 nitrogen and oxygen atoms in total. The number of carbonyl (C=O) groups is 1. The molecule has 1 amide bonds. The smallest absolute Gasteiger partial charge is 0.414 e. The van der Waals surface area contributed by atoms with Crippen LogP contribution in [0.4, 0.5) is 14.9 Å². The molecule has 1 aromatic heterocycles. The van der Waals surface area contributed by atoms with Crippen molar-refractivity contribution < 1.29 is 18.7 Å². The zero-order chi connectivity index (χ0) is 16.8. The Bertz CT molecular complexity index is 761. The molecule has 0 saturated heterocycles. The van der Waals surface area contributed by atoms with E-state index in [0.29, 0.717) is 28.9 Å². The third-order valence-electron chi connectivity index (χ3n) is 3.81. The minimum absolute atomic E-state index is 0.391. The molecule has 2 aromatic rings. The van der Waals surface area contributed by atoms with E-state index in [2.05, 4.69) is 4.98 Å². The number of halogens is 1. The van der Waals surface area contributed by atoms with Crippen LogP contribution in [0.3, 0.4) is 0 Å². The van der Waals surface area contributed by atoms with Crippen molar-refractivity contribution in [3.8, 4) is 5.75 Å². The molecule has 0 fully saturated rings. The molecule has 23 heavy (non-hydrogen) atoms. The van der Waals surface area contributed by atoms with Crippen LogP contribution >= 0.6 is 0 Å². The first-order chi connectivity index (χ1) is 10.8. The number of aromatic amines is 1. The van der Waals surface area contributed by atoms with Gasteiger partial charge in [0.25, 0.3) is 0 Å². The van der Waals surface area contributed by atoms with Crippen LogP contribution in [0.15, 0.2) is 12.1 Å². The number of carbonyl (C=O) groups excluding carboxylic acids is 1. The zero-order valence-corrected chi connectivity index (χ0v) is 13.8. The second kappa shape index (κ2) is 5.44. The fourth-order valence-electron chi connectivity index (χ4n) is 2.90. The molecule has 2 heterocycles. The van der Waals surface area contributed by atoms with Crippen molar-refractivity contribution in [3.63, 3.8) is 0 Å². The number of hydrogen-bond donors (Lipinski definition) is 1. The van der Waals surface area contributed by atoms with Crippen LogP contribution in [0.25, 0.3) is 10.9 Å². The number of rotatable bonds is 1. The van der Waals surface area contributed by atoms with Crippen molar-refractivity contribution in [2.45, 2.75) is 39.2 Å². The summed E-state index contributed by atoms with van der Waals surface area (Å²) in [6.07, 6.45) is 1.16. The molecule has 1 N–H and O–H groups in total. The molecule has 0 atom stereocenters. The summed E-state index contributed by atoms with van der Waals surface area (Å²) >= 11 is 0. The number of nitrogens with zero attached hydrogens (tertiary/aromatic N) is 1. The van der Waals surface area contributed by atoms with Gasteiger partial charge in [0, 0.05) is 23.7 Å². The van der Waals surface area contributed by atoms with Crippen molar-refractivity contribution in [1.82, 2.24) is 4.98 Å². The summed E-state index contributed by atoms with van der Waals surface area (Å²) < 4.78 is 24.9. The van der Waals surface area contributed by atoms with Gasteiger partial charge in [-0.25, -0.2) is 9.18 Å². The van der Waals surface area contributed by atoms with E-state index in [-0.39, 0.29) is 0 Å². The molecule has 1 aliphatic heterocycles. The molecule has 6 heteroatoms. The summed E-state index contributed by atoms with van der Waals surface area (Å²) in [6.45, 7) is 6.03. The Labute approximate surface area is 134 Å². The number of methoxy groups -OCH3 is 1. The first-order valence-electron chi connectivity index (χ1n) is 7.69. The normalized spacial score (nSPS) is 14.7. The molecule has 3 rings (SSSR count). The summed E-state index contributed by atoms with van der Waals surface area (Å²) in [4.78, 5) is 17.2. The lowest BCUT2D eigenvalue weighted by Gasteiger charge is -2.30. The average Bonchev–Trinajstić information content (AvgIpc) is 2.84. The van der Waals surface area contributed by atoms with Crippen LogP contribution in [-0.4, -0.2) is 30.3 Å². The maximum absolute atomic E-state index is 14.3. The number of hydrogen-bond acceptors (Lipinski definition) is 3. The van der Waals surface area contributed by atoms with Crippen LogP contribution in [-0.2, 0) is 11.2 Å². The quantitative estimate of drug-likeness (QED) is 0.864. The number of nitrogens with one attached hydrogen (secondary N) is 1. The van der Waals surface area contributed by atoms with Crippen molar-refractivity contribution in [2.75, 3.05) is 18.6 Å². The summed E-state index contributed by atoms with van der Waals surface area (Å²) in [5, 5.41) is 0.641. The Morgan fingerprint density at radius 3 is 2.74 bits per heavy atom. The SMILES string of the molecule is COc1cc(F)c2[nH]c3c(c2c1)N(C(=O)OC(C)(C)C)CCC3. The highest BCUT2D eigenvalue weighted by Gasteiger charge is 2.31. The second-order valence-corrected chi connectivity index (χ2v) is 6.72. The van der Waals surface area contributed by atoms with Gasteiger partial charge in [-0.3, -0.25) is 4.90 Å². The Balaban J connectivity index is 2.11. The topological polar surface area (TPSA) is 54.6 Å². The maximum Gasteiger partial charge on any atom is 0.414 e. The molecule has 0 spiro atoms. The monoisotopic (exact) mass is 320 g/mol. The molecule has 124 valence electrons. The van der Waals surface area contributed by atoms with Crippen molar-refractivity contribution in [2.24, 2.45) is 0 Å². The number of H-pyrrole nitrogens is 1. The molecule has 1 aromatic carbocycles. The van der Waals surface area contributed by atoms with E-state index in [9.17, 15) is 9.18 Å². The van der Waals surface area contributed by atoms with Crippen molar-refractivity contribution in [1.29, 1.82) is 0 Å². The Kier molecular flexibility index (Phi) is 3.70. The fraction of sp³-hybridized carbons (Fsp3) is 0.471. The van der Waals surface area contributed by atoms with Gasteiger partial charge in [0.15, 0.2) is 5.82 Å². The molecule has 0 saturated carbocycles. The minimum Gasteiger partial charge on any atom is -0.497 e. The molecule has 0 bridgehead atoms. The molecular formula is C17H21FN2O3. The van der Waals surface area contributed by atoms with Gasteiger partial charge in [0.05, 0.1) is 18.3 Å². The van der Waals surface area contributed by atoms with Gasteiger partial charge < -0.3 is 14.5 Å². The molecule has 0 unspecified atom stereocenters. The first kappa shape index (κ1) is 15.6. The van der Waals surface area contributed by atoms with E-state index in [1.54, 1.807) is 11.0 Å². The summed E-state index contributed by atoms with van der Waals surface area (Å²) in [6, 6.07) is 3.08. The second-order valence-electron chi connectivity index (χ2n) is 6.72. The van der Waals surface area contributed by atoms with Gasteiger partial charge in [-0.1, -0.05) is 0 Å². The predicted molar refractivity (Wildman–Crippen MR) is 86.7 cm³/mol. The van der Waals surface area contributed by atoms with Crippen LogP contribution < -0.4 is 9.64 Å². The van der Waals surface area contributed by atoms with Crippen LogP contribution in [0.1, 0.15) is 32.9 Å². The largest absolute Gasteiger partial charge is 0.497 e. The van der Waals surface area contributed by atoms with E-state index < -0.39 is 17.5 Å². The number of amides is 1. The molecular weight excluding hydrogens is 299 g/mol. The van der Waals surface area contributed by atoms with E-state index in [1.807, 2.05) is 20.8 Å². The van der Waals surface area contributed by atoms with Crippen LogP contribution in [0.5, 0.6) is 5.75 Å². The number of aromatic nitrogens is 1. The zero-order valence-electron chi connectivity index (χ0n) is 13.8. The Morgan fingerprint density at radius 2 is 2.09 bits per heavy atom. The number of ether oxygens (including phenoxy) is 2. The summed E-state index contributed by atoms with van der Waals surface area (Å²) in [5.41, 5.74) is 1.36. The maximum atomic E-state index is 14.3. The number of aryl methyl sites for hydroxylation is 1. The summed E-state index contributed by atoms with van der Waals surface area (Å²) in [7, 11) is 1.49. The number of anilines is 1. The van der Waals surface area contributed by atoms with E-state index >= 15 is 0 Å². The Morgan fingerprint density at radius 1 is 1.35 bits per heavy atom. The highest BCUT2D eigenvalue weighted by Crippen LogP contribution is 2.38. The van der Waals surface area contributed by atoms with Gasteiger partial charge in [0.2, 0.25) is 0 Å².